The lowest BCUT2D eigenvalue weighted by molar-refractivity contribution is -0.126. The van der Waals surface area contributed by atoms with Gasteiger partial charge in [-0.3, -0.25) is 9.59 Å². The minimum absolute atomic E-state index is 0.112. The van der Waals surface area contributed by atoms with Crippen LogP contribution in [0.15, 0.2) is 66.7 Å². The van der Waals surface area contributed by atoms with E-state index in [1.165, 1.54) is 0 Å². The third-order valence-electron chi connectivity index (χ3n) is 7.45. The molecule has 0 radical (unpaired) electrons. The molecule has 2 aliphatic heterocycles. The van der Waals surface area contributed by atoms with Crippen LogP contribution >= 0.6 is 0 Å². The van der Waals surface area contributed by atoms with Gasteiger partial charge >= 0.3 is 0 Å². The molecule has 2 aliphatic rings. The second kappa shape index (κ2) is 9.56. The first-order chi connectivity index (χ1) is 18.4. The van der Waals surface area contributed by atoms with Crippen LogP contribution in [0.1, 0.15) is 59.1 Å². The molecule has 0 bridgehead atoms. The Morgan fingerprint density at radius 1 is 1.05 bits per heavy atom. The molecule has 0 fully saturated rings. The van der Waals surface area contributed by atoms with Crippen LogP contribution in [0.2, 0.25) is 0 Å². The van der Waals surface area contributed by atoms with E-state index in [2.05, 4.69) is 30.2 Å². The standard InChI is InChI=1S/C31H31N3O4/c1-18(2)14-25(30(35)32-16-20-12-13-26-27(15-20)38-17-37-26)34-29(21-8-4-5-9-22(21)31(34)36)28-19(3)33-24-11-7-6-10-23(24)28/h4-13,15,18,25,29,33H,14,16-17H2,1-3H3,(H,32,35). The van der Waals surface area contributed by atoms with Crippen molar-refractivity contribution in [1.29, 1.82) is 0 Å². The van der Waals surface area contributed by atoms with Crippen molar-refractivity contribution >= 4 is 22.7 Å². The highest BCUT2D eigenvalue weighted by atomic mass is 16.7. The number of hydrogen-bond donors (Lipinski definition) is 2. The van der Waals surface area contributed by atoms with Crippen LogP contribution in [0.3, 0.4) is 0 Å². The van der Waals surface area contributed by atoms with Crippen molar-refractivity contribution in [2.24, 2.45) is 5.92 Å². The molecular weight excluding hydrogens is 478 g/mol. The number of aryl methyl sites for hydroxylation is 1. The second-order valence-electron chi connectivity index (χ2n) is 10.5. The average Bonchev–Trinajstić information content (AvgIpc) is 3.59. The van der Waals surface area contributed by atoms with Gasteiger partial charge in [-0.15, -0.1) is 0 Å². The molecule has 6 rings (SSSR count). The maximum atomic E-state index is 14.0. The molecule has 0 spiro atoms. The molecule has 3 aromatic carbocycles. The number of H-pyrrole nitrogens is 1. The van der Waals surface area contributed by atoms with E-state index >= 15 is 0 Å². The van der Waals surface area contributed by atoms with Crippen molar-refractivity contribution in [3.8, 4) is 11.5 Å². The normalized spacial score (nSPS) is 16.8. The maximum Gasteiger partial charge on any atom is 0.255 e. The fourth-order valence-electron chi connectivity index (χ4n) is 5.75. The Kier molecular flexibility index (Phi) is 6.06. The molecule has 3 heterocycles. The Bertz CT molecular complexity index is 1540. The Morgan fingerprint density at radius 3 is 2.66 bits per heavy atom. The smallest absolute Gasteiger partial charge is 0.255 e. The quantitative estimate of drug-likeness (QED) is 0.346. The highest BCUT2D eigenvalue weighted by molar-refractivity contribution is 6.03. The van der Waals surface area contributed by atoms with Crippen molar-refractivity contribution in [1.82, 2.24) is 15.2 Å². The van der Waals surface area contributed by atoms with E-state index in [-0.39, 0.29) is 30.6 Å². The predicted octanol–water partition coefficient (Wildman–Crippen LogP) is 5.48. The van der Waals surface area contributed by atoms with E-state index in [9.17, 15) is 9.59 Å². The van der Waals surface area contributed by atoms with Gasteiger partial charge < -0.3 is 24.7 Å². The number of nitrogens with one attached hydrogen (secondary N) is 2. The summed E-state index contributed by atoms with van der Waals surface area (Å²) in [7, 11) is 0. The molecule has 194 valence electrons. The van der Waals surface area contributed by atoms with Crippen molar-refractivity contribution < 1.29 is 19.1 Å². The van der Waals surface area contributed by atoms with Crippen LogP contribution in [-0.4, -0.2) is 34.5 Å². The van der Waals surface area contributed by atoms with Crippen LogP contribution in [0.25, 0.3) is 10.9 Å². The van der Waals surface area contributed by atoms with Crippen LogP contribution in [0.4, 0.5) is 0 Å². The van der Waals surface area contributed by atoms with Gasteiger partial charge in [0, 0.05) is 34.3 Å². The van der Waals surface area contributed by atoms with Crippen molar-refractivity contribution in [2.45, 2.75) is 45.8 Å². The first kappa shape index (κ1) is 24.1. The number of aromatic amines is 1. The van der Waals surface area contributed by atoms with E-state index in [0.29, 0.717) is 30.0 Å². The van der Waals surface area contributed by atoms with Crippen LogP contribution in [0.5, 0.6) is 11.5 Å². The highest BCUT2D eigenvalue weighted by Crippen LogP contribution is 2.44. The summed E-state index contributed by atoms with van der Waals surface area (Å²) in [4.78, 5) is 33.1. The molecule has 2 amide bonds. The van der Waals surface area contributed by atoms with Crippen LogP contribution in [-0.2, 0) is 11.3 Å². The largest absolute Gasteiger partial charge is 0.454 e. The molecule has 1 aromatic heterocycles. The highest BCUT2D eigenvalue weighted by Gasteiger charge is 2.45. The third-order valence-corrected chi connectivity index (χ3v) is 7.45. The molecule has 0 saturated carbocycles. The number of ether oxygens (including phenoxy) is 2. The molecule has 7 nitrogen and oxygen atoms in total. The molecule has 2 N–H and O–H groups in total. The Balaban J connectivity index is 1.38. The van der Waals surface area contributed by atoms with E-state index in [0.717, 1.165) is 33.3 Å². The van der Waals surface area contributed by atoms with Gasteiger partial charge in [-0.2, -0.15) is 0 Å². The van der Waals surface area contributed by atoms with E-state index in [4.69, 9.17) is 9.47 Å². The summed E-state index contributed by atoms with van der Waals surface area (Å²) in [6, 6.07) is 20.5. The number of fused-ring (bicyclic) bond motifs is 3. The van der Waals surface area contributed by atoms with Gasteiger partial charge in [-0.05, 0) is 54.7 Å². The number of carbonyl (C=O) groups is 2. The van der Waals surface area contributed by atoms with E-state index < -0.39 is 6.04 Å². The number of rotatable bonds is 7. The van der Waals surface area contributed by atoms with Gasteiger partial charge in [0.15, 0.2) is 11.5 Å². The summed E-state index contributed by atoms with van der Waals surface area (Å²) in [5.74, 6) is 1.31. The monoisotopic (exact) mass is 509 g/mol. The minimum Gasteiger partial charge on any atom is -0.454 e. The van der Waals surface area contributed by atoms with E-state index in [1.807, 2.05) is 72.5 Å². The lowest BCUT2D eigenvalue weighted by atomic mass is 9.93. The molecule has 2 atom stereocenters. The number of aromatic nitrogens is 1. The summed E-state index contributed by atoms with van der Waals surface area (Å²) < 4.78 is 10.9. The molecule has 2 unspecified atom stereocenters. The van der Waals surface area contributed by atoms with Gasteiger partial charge in [-0.1, -0.05) is 56.3 Å². The molecule has 0 aliphatic carbocycles. The Hall–Kier alpha value is -4.26. The van der Waals surface area contributed by atoms with Gasteiger partial charge in [0.05, 0.1) is 6.04 Å². The molecule has 7 heteroatoms. The fraction of sp³-hybridized carbons (Fsp3) is 0.290. The lowest BCUT2D eigenvalue weighted by Crippen LogP contribution is -2.49. The van der Waals surface area contributed by atoms with Gasteiger partial charge in [0.1, 0.15) is 6.04 Å². The third kappa shape index (κ3) is 4.08. The Morgan fingerprint density at radius 2 is 1.82 bits per heavy atom. The van der Waals surface area contributed by atoms with Crippen molar-refractivity contribution in [2.75, 3.05) is 6.79 Å². The predicted molar refractivity (Wildman–Crippen MR) is 145 cm³/mol. The number of carbonyl (C=O) groups excluding carboxylic acids is 2. The van der Waals surface area contributed by atoms with Crippen LogP contribution < -0.4 is 14.8 Å². The molecule has 4 aromatic rings. The molecule has 0 saturated heterocycles. The van der Waals surface area contributed by atoms with Gasteiger partial charge in [0.2, 0.25) is 12.7 Å². The number of nitrogens with zero attached hydrogens (tertiary/aromatic N) is 1. The Labute approximate surface area is 221 Å². The SMILES string of the molecule is Cc1[nH]c2ccccc2c1C1c2ccccc2C(=O)N1C(CC(C)C)C(=O)NCc1ccc2c(c1)OCO2. The molecule has 38 heavy (non-hydrogen) atoms. The number of amides is 2. The van der Waals surface area contributed by atoms with Gasteiger partial charge in [0.25, 0.3) is 5.91 Å². The minimum atomic E-state index is -0.637. The zero-order chi connectivity index (χ0) is 26.4. The first-order valence-corrected chi connectivity index (χ1v) is 13.1. The summed E-state index contributed by atoms with van der Waals surface area (Å²) >= 11 is 0. The second-order valence-corrected chi connectivity index (χ2v) is 10.5. The fourth-order valence-corrected chi connectivity index (χ4v) is 5.75. The first-order valence-electron chi connectivity index (χ1n) is 13.1. The topological polar surface area (TPSA) is 83.7 Å². The summed E-state index contributed by atoms with van der Waals surface area (Å²) in [5, 5.41) is 4.16. The zero-order valence-electron chi connectivity index (χ0n) is 21.8. The average molecular weight is 510 g/mol. The number of benzene rings is 3. The van der Waals surface area contributed by atoms with E-state index in [1.54, 1.807) is 0 Å². The summed E-state index contributed by atoms with van der Waals surface area (Å²) in [5.41, 5.74) is 5.54. The zero-order valence-corrected chi connectivity index (χ0v) is 21.8. The van der Waals surface area contributed by atoms with Crippen LogP contribution in [0, 0.1) is 12.8 Å². The number of hydrogen-bond acceptors (Lipinski definition) is 4. The molecular formula is C31H31N3O4. The van der Waals surface area contributed by atoms with Crippen molar-refractivity contribution in [3.05, 3.63) is 94.7 Å². The lowest BCUT2D eigenvalue weighted by Gasteiger charge is -2.34. The summed E-state index contributed by atoms with van der Waals surface area (Å²) in [6.45, 7) is 6.73. The summed E-state index contributed by atoms with van der Waals surface area (Å²) in [6.07, 6.45) is 0.546. The van der Waals surface area contributed by atoms with Gasteiger partial charge in [-0.25, -0.2) is 0 Å². The maximum absolute atomic E-state index is 14.0. The number of para-hydroxylation sites is 1. The van der Waals surface area contributed by atoms with Crippen molar-refractivity contribution in [3.63, 3.8) is 0 Å².